The number of nitrogens with zero attached hydrogens (tertiary/aromatic N) is 4. The van der Waals surface area contributed by atoms with Gasteiger partial charge in [0.1, 0.15) is 5.75 Å². The highest BCUT2D eigenvalue weighted by Crippen LogP contribution is 2.31. The minimum Gasteiger partial charge on any atom is -0.495 e. The minimum atomic E-state index is -0.421. The Hall–Kier alpha value is -3.13. The summed E-state index contributed by atoms with van der Waals surface area (Å²) in [7, 11) is 1.64. The molecule has 4 rings (SSSR count). The van der Waals surface area contributed by atoms with Gasteiger partial charge in [0.25, 0.3) is 5.91 Å². The van der Waals surface area contributed by atoms with Crippen molar-refractivity contribution < 1.29 is 9.53 Å². The Kier molecular flexibility index (Phi) is 4.43. The standard InChI is InChI=1S/C20H19N5O2S/c1-11-9-14(12(2)24(11)16-7-5-6-8-17(16)27-4)10-15-18(21)25-20(22-19(15)26)28-13(3)23-25/h5-10,21H,1-4H3/b15-10+,21-18?. The van der Waals surface area contributed by atoms with E-state index in [1.54, 1.807) is 13.2 Å². The van der Waals surface area contributed by atoms with Crippen molar-refractivity contribution in [3.8, 4) is 11.4 Å². The number of methoxy groups -OCH3 is 1. The van der Waals surface area contributed by atoms with Gasteiger partial charge in [0.15, 0.2) is 5.84 Å². The molecule has 0 unspecified atom stereocenters. The van der Waals surface area contributed by atoms with Gasteiger partial charge in [-0.05, 0) is 62.4 Å². The molecule has 0 spiro atoms. The van der Waals surface area contributed by atoms with E-state index in [9.17, 15) is 4.79 Å². The first-order chi connectivity index (χ1) is 13.4. The van der Waals surface area contributed by atoms with E-state index < -0.39 is 5.91 Å². The first-order valence-corrected chi connectivity index (χ1v) is 9.51. The van der Waals surface area contributed by atoms with Gasteiger partial charge < -0.3 is 9.30 Å². The maximum Gasteiger partial charge on any atom is 0.283 e. The molecule has 8 heteroatoms. The molecular formula is C20H19N5O2S. The first-order valence-electron chi connectivity index (χ1n) is 8.70. The second-order valence-corrected chi connectivity index (χ2v) is 7.63. The Morgan fingerprint density at radius 2 is 1.96 bits per heavy atom. The molecule has 7 nitrogen and oxygen atoms in total. The number of nitrogens with one attached hydrogen (secondary N) is 1. The fourth-order valence-corrected chi connectivity index (χ4v) is 4.10. The molecule has 1 aromatic heterocycles. The zero-order valence-electron chi connectivity index (χ0n) is 16.0. The van der Waals surface area contributed by atoms with Crippen LogP contribution >= 0.6 is 11.8 Å². The van der Waals surface area contributed by atoms with E-state index in [-0.39, 0.29) is 11.4 Å². The van der Waals surface area contributed by atoms with Crippen LogP contribution in [0.15, 0.2) is 46.0 Å². The van der Waals surface area contributed by atoms with E-state index in [0.717, 1.165) is 33.4 Å². The molecule has 0 saturated heterocycles. The van der Waals surface area contributed by atoms with Gasteiger partial charge in [0.05, 0.1) is 23.4 Å². The topological polar surface area (TPSA) is 83.0 Å². The van der Waals surface area contributed by atoms with Crippen molar-refractivity contribution in [2.24, 2.45) is 10.1 Å². The van der Waals surface area contributed by atoms with Crippen molar-refractivity contribution in [2.75, 3.05) is 7.11 Å². The maximum absolute atomic E-state index is 12.5. The van der Waals surface area contributed by atoms with Crippen LogP contribution in [0.2, 0.25) is 0 Å². The Morgan fingerprint density at radius 3 is 2.71 bits per heavy atom. The largest absolute Gasteiger partial charge is 0.495 e. The average Bonchev–Trinajstić information content (AvgIpc) is 3.17. The average molecular weight is 393 g/mol. The number of para-hydroxylation sites is 2. The number of amides is 1. The maximum atomic E-state index is 12.5. The molecule has 0 bridgehead atoms. The Labute approximate surface area is 166 Å². The monoisotopic (exact) mass is 393 g/mol. The minimum absolute atomic E-state index is 0.0430. The SMILES string of the molecule is COc1ccccc1-n1c(C)cc(/C=C2\C(=N)N3N=C(C)SC3=NC2=O)c1C. The predicted molar refractivity (Wildman–Crippen MR) is 112 cm³/mol. The fraction of sp³-hybridized carbons (Fsp3) is 0.200. The summed E-state index contributed by atoms with van der Waals surface area (Å²) < 4.78 is 7.57. The van der Waals surface area contributed by atoms with Crippen LogP contribution in [0.4, 0.5) is 0 Å². The van der Waals surface area contributed by atoms with Crippen LogP contribution in [0.1, 0.15) is 23.9 Å². The van der Waals surface area contributed by atoms with Crippen molar-refractivity contribution in [3.05, 3.63) is 52.9 Å². The van der Waals surface area contributed by atoms with Gasteiger partial charge in [-0.3, -0.25) is 10.2 Å². The van der Waals surface area contributed by atoms with Gasteiger partial charge in [-0.1, -0.05) is 12.1 Å². The van der Waals surface area contributed by atoms with Crippen LogP contribution in [-0.2, 0) is 4.79 Å². The van der Waals surface area contributed by atoms with Gasteiger partial charge in [-0.2, -0.15) is 15.1 Å². The predicted octanol–water partition coefficient (Wildman–Crippen LogP) is 3.74. The van der Waals surface area contributed by atoms with Gasteiger partial charge >= 0.3 is 0 Å². The Bertz CT molecular complexity index is 1110. The molecule has 0 atom stereocenters. The van der Waals surface area contributed by atoms with E-state index in [1.807, 2.05) is 51.1 Å². The lowest BCUT2D eigenvalue weighted by molar-refractivity contribution is -0.114. The molecule has 1 N–H and O–H groups in total. The van der Waals surface area contributed by atoms with Gasteiger partial charge in [0, 0.05) is 11.4 Å². The van der Waals surface area contributed by atoms with Crippen molar-refractivity contribution in [1.29, 1.82) is 5.41 Å². The summed E-state index contributed by atoms with van der Waals surface area (Å²) in [5, 5.41) is 15.3. The second-order valence-electron chi connectivity index (χ2n) is 6.47. The van der Waals surface area contributed by atoms with Crippen LogP contribution in [0.5, 0.6) is 5.75 Å². The first kappa shape index (κ1) is 18.2. The number of rotatable bonds is 3. The van der Waals surface area contributed by atoms with Crippen molar-refractivity contribution >= 4 is 39.8 Å². The molecule has 3 heterocycles. The fourth-order valence-electron chi connectivity index (χ4n) is 3.36. The van der Waals surface area contributed by atoms with E-state index >= 15 is 0 Å². The third-order valence-electron chi connectivity index (χ3n) is 4.65. The number of aryl methyl sites for hydroxylation is 1. The number of hydrogen-bond donors (Lipinski definition) is 1. The number of thioether (sulfide) groups is 1. The molecule has 28 heavy (non-hydrogen) atoms. The van der Waals surface area contributed by atoms with E-state index in [4.69, 9.17) is 10.1 Å². The van der Waals surface area contributed by atoms with Crippen LogP contribution in [0.25, 0.3) is 11.8 Å². The summed E-state index contributed by atoms with van der Waals surface area (Å²) in [4.78, 5) is 16.6. The Morgan fingerprint density at radius 1 is 1.21 bits per heavy atom. The third kappa shape index (κ3) is 2.86. The second kappa shape index (κ2) is 6.79. The summed E-state index contributed by atoms with van der Waals surface area (Å²) in [5.74, 6) is 0.385. The smallest absolute Gasteiger partial charge is 0.283 e. The van der Waals surface area contributed by atoms with Crippen molar-refractivity contribution in [3.63, 3.8) is 0 Å². The number of benzene rings is 1. The van der Waals surface area contributed by atoms with Crippen LogP contribution in [0.3, 0.4) is 0 Å². The molecule has 2 aromatic rings. The quantitative estimate of drug-likeness (QED) is 0.805. The van der Waals surface area contributed by atoms with E-state index in [1.165, 1.54) is 16.8 Å². The number of hydrogen-bond acceptors (Lipinski definition) is 5. The lowest BCUT2D eigenvalue weighted by Crippen LogP contribution is -2.35. The Balaban J connectivity index is 1.80. The number of hydrazone groups is 1. The highest BCUT2D eigenvalue weighted by Gasteiger charge is 2.34. The highest BCUT2D eigenvalue weighted by molar-refractivity contribution is 8.26. The summed E-state index contributed by atoms with van der Waals surface area (Å²) >= 11 is 1.30. The number of fused-ring (bicyclic) bond motifs is 1. The zero-order valence-corrected chi connectivity index (χ0v) is 16.8. The van der Waals surface area contributed by atoms with E-state index in [2.05, 4.69) is 14.7 Å². The molecule has 1 amide bonds. The third-order valence-corrected chi connectivity index (χ3v) is 5.48. The molecule has 0 saturated carbocycles. The molecule has 142 valence electrons. The number of ether oxygens (including phenoxy) is 1. The normalized spacial score (nSPS) is 17.7. The van der Waals surface area contributed by atoms with Crippen LogP contribution in [-0.4, -0.2) is 38.6 Å². The number of amidine groups is 2. The van der Waals surface area contributed by atoms with Crippen LogP contribution in [0, 0.1) is 19.3 Å². The zero-order chi connectivity index (χ0) is 20.0. The number of aromatic nitrogens is 1. The molecule has 1 aromatic carbocycles. The molecule has 0 radical (unpaired) electrons. The van der Waals surface area contributed by atoms with Gasteiger partial charge in [-0.25, -0.2) is 0 Å². The summed E-state index contributed by atoms with van der Waals surface area (Å²) in [6.07, 6.45) is 1.72. The van der Waals surface area contributed by atoms with Crippen molar-refractivity contribution in [1.82, 2.24) is 9.58 Å². The molecular weight excluding hydrogens is 374 g/mol. The lowest BCUT2D eigenvalue weighted by atomic mass is 10.1. The van der Waals surface area contributed by atoms with Gasteiger partial charge in [0.2, 0.25) is 5.17 Å². The van der Waals surface area contributed by atoms with Gasteiger partial charge in [-0.15, -0.1) is 0 Å². The summed E-state index contributed by atoms with van der Waals surface area (Å²) in [6.45, 7) is 5.80. The molecule has 0 fully saturated rings. The summed E-state index contributed by atoms with van der Waals surface area (Å²) in [5.41, 5.74) is 3.94. The van der Waals surface area contributed by atoms with Crippen LogP contribution < -0.4 is 4.74 Å². The van der Waals surface area contributed by atoms with E-state index in [0.29, 0.717) is 5.17 Å². The number of carbonyl (C=O) groups excluding carboxylic acids is 1. The lowest BCUT2D eigenvalue weighted by Gasteiger charge is -2.20. The number of carbonyl (C=O) groups is 1. The highest BCUT2D eigenvalue weighted by atomic mass is 32.2. The van der Waals surface area contributed by atoms with Crippen molar-refractivity contribution in [2.45, 2.75) is 20.8 Å². The molecule has 0 aliphatic carbocycles. The number of aliphatic imine (C=N–C) groups is 1. The molecule has 2 aliphatic heterocycles. The molecule has 2 aliphatic rings. The summed E-state index contributed by atoms with van der Waals surface area (Å²) in [6, 6.07) is 9.76.